The molecule has 106 valence electrons. The van der Waals surface area contributed by atoms with E-state index < -0.39 is 11.7 Å². The van der Waals surface area contributed by atoms with E-state index in [0.29, 0.717) is 20.5 Å². The summed E-state index contributed by atoms with van der Waals surface area (Å²) in [5, 5.41) is 0.976. The van der Waals surface area contributed by atoms with Crippen LogP contribution in [0.2, 0.25) is 5.02 Å². The van der Waals surface area contributed by atoms with Gasteiger partial charge in [0.2, 0.25) is 0 Å². The molecule has 0 aliphatic carbocycles. The number of nitrogens with two attached hydrogens (primary N) is 1. The summed E-state index contributed by atoms with van der Waals surface area (Å²) in [5.41, 5.74) is 5.22. The predicted octanol–water partition coefficient (Wildman–Crippen LogP) is 4.36. The van der Waals surface area contributed by atoms with Crippen molar-refractivity contribution in [1.29, 1.82) is 0 Å². The number of pyridine rings is 1. The number of benzene rings is 1. The van der Waals surface area contributed by atoms with Crippen LogP contribution in [-0.2, 0) is 12.7 Å². The molecule has 0 unspecified atom stereocenters. The van der Waals surface area contributed by atoms with Gasteiger partial charge in [-0.15, -0.1) is 0 Å². The van der Waals surface area contributed by atoms with Crippen LogP contribution in [-0.4, -0.2) is 4.98 Å². The highest BCUT2D eigenvalue weighted by molar-refractivity contribution is 7.99. The first kappa shape index (κ1) is 15.2. The summed E-state index contributed by atoms with van der Waals surface area (Å²) in [6, 6.07) is 6.82. The molecule has 1 aromatic heterocycles. The fourth-order valence-electron chi connectivity index (χ4n) is 1.57. The molecule has 0 radical (unpaired) electrons. The Balaban J connectivity index is 2.36. The van der Waals surface area contributed by atoms with E-state index in [1.165, 1.54) is 17.8 Å². The molecule has 1 heterocycles. The maximum Gasteiger partial charge on any atom is 0.416 e. The molecule has 0 aliphatic heterocycles. The molecule has 1 aromatic carbocycles. The minimum absolute atomic E-state index is 0.0106. The topological polar surface area (TPSA) is 38.9 Å². The maximum absolute atomic E-state index is 12.6. The Labute approximate surface area is 123 Å². The monoisotopic (exact) mass is 318 g/mol. The zero-order chi connectivity index (χ0) is 14.8. The SMILES string of the molecule is NCc1cc(C(F)(F)F)ccc1Sc1ncccc1Cl. The van der Waals surface area contributed by atoms with Crippen LogP contribution in [0.5, 0.6) is 0 Å². The number of halogens is 4. The van der Waals surface area contributed by atoms with E-state index in [4.69, 9.17) is 17.3 Å². The Morgan fingerprint density at radius 1 is 1.25 bits per heavy atom. The number of aromatic nitrogens is 1. The van der Waals surface area contributed by atoms with Crippen LogP contribution in [0.1, 0.15) is 11.1 Å². The first-order chi connectivity index (χ1) is 9.41. The van der Waals surface area contributed by atoms with Gasteiger partial charge in [0.15, 0.2) is 0 Å². The Morgan fingerprint density at radius 3 is 2.60 bits per heavy atom. The number of hydrogen-bond donors (Lipinski definition) is 1. The van der Waals surface area contributed by atoms with Gasteiger partial charge >= 0.3 is 6.18 Å². The third-order valence-corrected chi connectivity index (χ3v) is 4.09. The molecule has 0 amide bonds. The molecule has 0 bridgehead atoms. The summed E-state index contributed by atoms with van der Waals surface area (Å²) in [6.07, 6.45) is -2.81. The summed E-state index contributed by atoms with van der Waals surface area (Å²) >= 11 is 7.17. The molecule has 0 spiro atoms. The normalized spacial score (nSPS) is 11.7. The van der Waals surface area contributed by atoms with E-state index >= 15 is 0 Å². The second-order valence-electron chi connectivity index (χ2n) is 3.92. The van der Waals surface area contributed by atoms with Crippen molar-refractivity contribution in [2.24, 2.45) is 5.73 Å². The molecule has 2 rings (SSSR count). The van der Waals surface area contributed by atoms with Crippen molar-refractivity contribution < 1.29 is 13.2 Å². The molecule has 0 atom stereocenters. The summed E-state index contributed by atoms with van der Waals surface area (Å²) in [6.45, 7) is 0.0106. The molecule has 7 heteroatoms. The van der Waals surface area contributed by atoms with Crippen molar-refractivity contribution in [2.45, 2.75) is 22.6 Å². The standard InChI is InChI=1S/C13H10ClF3N2S/c14-10-2-1-5-19-12(10)20-11-4-3-9(13(15,16)17)6-8(11)7-18/h1-6H,7,18H2. The van der Waals surface area contributed by atoms with E-state index in [2.05, 4.69) is 4.98 Å². The summed E-state index contributed by atoms with van der Waals surface area (Å²) < 4.78 is 37.9. The predicted molar refractivity (Wildman–Crippen MR) is 72.7 cm³/mol. The molecule has 0 fully saturated rings. The van der Waals surface area contributed by atoms with Gasteiger partial charge in [0.25, 0.3) is 0 Å². The van der Waals surface area contributed by atoms with Crippen LogP contribution in [0.25, 0.3) is 0 Å². The van der Waals surface area contributed by atoms with Gasteiger partial charge in [-0.1, -0.05) is 23.4 Å². The van der Waals surface area contributed by atoms with Crippen LogP contribution in [0.3, 0.4) is 0 Å². The highest BCUT2D eigenvalue weighted by atomic mass is 35.5. The van der Waals surface area contributed by atoms with Gasteiger partial charge in [-0.05, 0) is 35.9 Å². The van der Waals surface area contributed by atoms with Crippen LogP contribution >= 0.6 is 23.4 Å². The Bertz CT molecular complexity index is 617. The van der Waals surface area contributed by atoms with Crippen molar-refractivity contribution in [3.63, 3.8) is 0 Å². The van der Waals surface area contributed by atoms with Gasteiger partial charge in [0, 0.05) is 17.6 Å². The molecule has 0 saturated carbocycles. The second-order valence-corrected chi connectivity index (χ2v) is 5.35. The zero-order valence-corrected chi connectivity index (χ0v) is 11.7. The van der Waals surface area contributed by atoms with E-state index in [1.807, 2.05) is 0 Å². The number of alkyl halides is 3. The fourth-order valence-corrected chi connectivity index (χ4v) is 2.70. The first-order valence-electron chi connectivity index (χ1n) is 5.60. The second kappa shape index (κ2) is 6.03. The minimum atomic E-state index is -4.38. The highest BCUT2D eigenvalue weighted by Crippen LogP contribution is 2.36. The van der Waals surface area contributed by atoms with Crippen molar-refractivity contribution in [3.8, 4) is 0 Å². The third-order valence-electron chi connectivity index (χ3n) is 2.54. The smallest absolute Gasteiger partial charge is 0.326 e. The average Bonchev–Trinajstić information content (AvgIpc) is 2.40. The Hall–Kier alpha value is -1.24. The molecule has 2 aromatic rings. The number of hydrogen-bond acceptors (Lipinski definition) is 3. The average molecular weight is 319 g/mol. The maximum atomic E-state index is 12.6. The molecule has 20 heavy (non-hydrogen) atoms. The van der Waals surface area contributed by atoms with Crippen LogP contribution in [0.4, 0.5) is 13.2 Å². The van der Waals surface area contributed by atoms with Gasteiger partial charge in [-0.25, -0.2) is 4.98 Å². The van der Waals surface area contributed by atoms with E-state index in [1.54, 1.807) is 18.3 Å². The number of rotatable bonds is 3. The summed E-state index contributed by atoms with van der Waals surface area (Å²) in [5.74, 6) is 0. The summed E-state index contributed by atoms with van der Waals surface area (Å²) in [4.78, 5) is 4.70. The van der Waals surface area contributed by atoms with E-state index in [9.17, 15) is 13.2 Å². The molecule has 2 nitrogen and oxygen atoms in total. The van der Waals surface area contributed by atoms with Gasteiger partial charge in [-0.2, -0.15) is 13.2 Å². The molecular weight excluding hydrogens is 309 g/mol. The molecule has 2 N–H and O–H groups in total. The lowest BCUT2D eigenvalue weighted by Crippen LogP contribution is -2.07. The van der Waals surface area contributed by atoms with Gasteiger partial charge in [0.05, 0.1) is 10.6 Å². The highest BCUT2D eigenvalue weighted by Gasteiger charge is 2.30. The van der Waals surface area contributed by atoms with Crippen molar-refractivity contribution in [3.05, 3.63) is 52.7 Å². The zero-order valence-electron chi connectivity index (χ0n) is 10.1. The third kappa shape index (κ3) is 3.45. The Kier molecular flexibility index (Phi) is 4.57. The largest absolute Gasteiger partial charge is 0.416 e. The minimum Gasteiger partial charge on any atom is -0.326 e. The van der Waals surface area contributed by atoms with Gasteiger partial charge < -0.3 is 5.73 Å². The lowest BCUT2D eigenvalue weighted by atomic mass is 10.1. The van der Waals surface area contributed by atoms with E-state index in [0.717, 1.165) is 12.1 Å². The molecule has 0 aliphatic rings. The summed E-state index contributed by atoms with van der Waals surface area (Å²) in [7, 11) is 0. The van der Waals surface area contributed by atoms with E-state index in [-0.39, 0.29) is 6.54 Å². The lowest BCUT2D eigenvalue weighted by molar-refractivity contribution is -0.137. The fraction of sp³-hybridized carbons (Fsp3) is 0.154. The quantitative estimate of drug-likeness (QED) is 0.913. The van der Waals surface area contributed by atoms with Gasteiger partial charge in [-0.3, -0.25) is 0 Å². The lowest BCUT2D eigenvalue weighted by Gasteiger charge is -2.12. The number of nitrogens with zero attached hydrogens (tertiary/aromatic N) is 1. The van der Waals surface area contributed by atoms with Crippen molar-refractivity contribution in [2.75, 3.05) is 0 Å². The van der Waals surface area contributed by atoms with Crippen molar-refractivity contribution >= 4 is 23.4 Å². The molecule has 0 saturated heterocycles. The molecular formula is C13H10ClF3N2S. The van der Waals surface area contributed by atoms with Gasteiger partial charge in [0.1, 0.15) is 5.03 Å². The van der Waals surface area contributed by atoms with Crippen molar-refractivity contribution in [1.82, 2.24) is 4.98 Å². The first-order valence-corrected chi connectivity index (χ1v) is 6.80. The Morgan fingerprint density at radius 2 is 2.00 bits per heavy atom. The van der Waals surface area contributed by atoms with Crippen LogP contribution in [0.15, 0.2) is 46.5 Å². The van der Waals surface area contributed by atoms with Crippen LogP contribution < -0.4 is 5.73 Å². The van der Waals surface area contributed by atoms with Crippen LogP contribution in [0, 0.1) is 0 Å².